The molecule has 0 aromatic heterocycles. The zero-order chi connectivity index (χ0) is 13.2. The Balaban J connectivity index is 3.03. The first kappa shape index (κ1) is 14.2. The highest BCUT2D eigenvalue weighted by molar-refractivity contribution is 6.36. The van der Waals surface area contributed by atoms with Crippen LogP contribution < -0.4 is 0 Å². The molecule has 0 saturated carbocycles. The predicted octanol–water partition coefficient (Wildman–Crippen LogP) is 2.00. The van der Waals surface area contributed by atoms with Gasteiger partial charge in [-0.05, 0) is 12.1 Å². The Hall–Kier alpha value is -0.880. The number of rotatable bonds is 4. The van der Waals surface area contributed by atoms with Crippen LogP contribution in [0.5, 0.6) is 0 Å². The standard InChI is InChI=1S/C10H9Cl2FO4/c11-5-1-4(13)2-6(12)9(5)10(17)7(14)3-8(15)16/h1-2,7,10,14,17H,3H2,(H,15,16). The van der Waals surface area contributed by atoms with Crippen molar-refractivity contribution in [1.82, 2.24) is 0 Å². The van der Waals surface area contributed by atoms with Gasteiger partial charge in [-0.25, -0.2) is 4.39 Å². The van der Waals surface area contributed by atoms with Crippen LogP contribution in [0.1, 0.15) is 18.1 Å². The fraction of sp³-hybridized carbons (Fsp3) is 0.300. The minimum absolute atomic E-state index is 0.0940. The summed E-state index contributed by atoms with van der Waals surface area (Å²) in [6.07, 6.45) is -3.84. The number of carboxylic acids is 1. The molecule has 3 N–H and O–H groups in total. The van der Waals surface area contributed by atoms with E-state index in [1.54, 1.807) is 0 Å². The number of halogens is 3. The molecule has 17 heavy (non-hydrogen) atoms. The summed E-state index contributed by atoms with van der Waals surface area (Å²) in [4.78, 5) is 10.4. The van der Waals surface area contributed by atoms with Gasteiger partial charge in [0.2, 0.25) is 0 Å². The molecular formula is C10H9Cl2FO4. The third-order valence-corrected chi connectivity index (χ3v) is 2.71. The highest BCUT2D eigenvalue weighted by Gasteiger charge is 2.25. The van der Waals surface area contributed by atoms with E-state index in [-0.39, 0.29) is 15.6 Å². The van der Waals surface area contributed by atoms with E-state index in [0.29, 0.717) is 0 Å². The summed E-state index contributed by atoms with van der Waals surface area (Å²) in [6, 6.07) is 1.83. The maximum atomic E-state index is 12.9. The molecule has 2 atom stereocenters. The second kappa shape index (κ2) is 5.64. The molecule has 0 fully saturated rings. The molecule has 0 amide bonds. The Bertz CT molecular complexity index is 415. The molecular weight excluding hydrogens is 274 g/mol. The number of hydrogen-bond donors (Lipinski definition) is 3. The average molecular weight is 283 g/mol. The normalized spacial score (nSPS) is 14.4. The first-order valence-electron chi connectivity index (χ1n) is 4.55. The van der Waals surface area contributed by atoms with Crippen LogP contribution in [0.15, 0.2) is 12.1 Å². The third kappa shape index (κ3) is 3.54. The summed E-state index contributed by atoms with van der Waals surface area (Å²) in [5.41, 5.74) is -0.0940. The molecule has 7 heteroatoms. The van der Waals surface area contributed by atoms with Crippen LogP contribution in [0.4, 0.5) is 4.39 Å². The lowest BCUT2D eigenvalue weighted by atomic mass is 10.0. The number of aliphatic hydroxyl groups is 2. The fourth-order valence-electron chi connectivity index (χ4n) is 1.32. The van der Waals surface area contributed by atoms with Crippen molar-refractivity contribution in [1.29, 1.82) is 0 Å². The Morgan fingerprint density at radius 2 is 1.76 bits per heavy atom. The molecule has 0 radical (unpaired) electrons. The van der Waals surface area contributed by atoms with Gasteiger partial charge in [-0.2, -0.15) is 0 Å². The van der Waals surface area contributed by atoms with Crippen LogP contribution in [0.3, 0.4) is 0 Å². The van der Waals surface area contributed by atoms with Crippen molar-refractivity contribution in [3.05, 3.63) is 33.6 Å². The van der Waals surface area contributed by atoms with Crippen molar-refractivity contribution in [3.8, 4) is 0 Å². The summed E-state index contributed by atoms with van der Waals surface area (Å²) in [5, 5.41) is 27.2. The molecule has 0 heterocycles. The molecule has 1 rings (SSSR count). The van der Waals surface area contributed by atoms with Gasteiger partial charge in [0, 0.05) is 5.56 Å². The maximum Gasteiger partial charge on any atom is 0.306 e. The molecule has 1 aromatic carbocycles. The van der Waals surface area contributed by atoms with Crippen molar-refractivity contribution in [2.75, 3.05) is 0 Å². The molecule has 94 valence electrons. The summed E-state index contributed by atoms with van der Waals surface area (Å²) >= 11 is 11.3. The van der Waals surface area contributed by atoms with Gasteiger partial charge in [0.05, 0.1) is 22.6 Å². The van der Waals surface area contributed by atoms with Gasteiger partial charge in [0.1, 0.15) is 11.9 Å². The summed E-state index contributed by atoms with van der Waals surface area (Å²) in [7, 11) is 0. The number of hydrogen-bond acceptors (Lipinski definition) is 3. The van der Waals surface area contributed by atoms with Gasteiger partial charge >= 0.3 is 5.97 Å². The Labute approximate surface area is 106 Å². The largest absolute Gasteiger partial charge is 0.481 e. The van der Waals surface area contributed by atoms with Gasteiger partial charge in [0.25, 0.3) is 0 Å². The van der Waals surface area contributed by atoms with Crippen LogP contribution in [-0.2, 0) is 4.79 Å². The topological polar surface area (TPSA) is 77.8 Å². The lowest BCUT2D eigenvalue weighted by Crippen LogP contribution is -2.22. The van der Waals surface area contributed by atoms with Crippen molar-refractivity contribution >= 4 is 29.2 Å². The van der Waals surface area contributed by atoms with Crippen LogP contribution in [0.25, 0.3) is 0 Å². The molecule has 0 aliphatic carbocycles. The number of aliphatic carboxylic acids is 1. The molecule has 0 bridgehead atoms. The first-order chi connectivity index (χ1) is 7.82. The minimum atomic E-state index is -1.59. The van der Waals surface area contributed by atoms with Gasteiger partial charge in [-0.15, -0.1) is 0 Å². The molecule has 4 nitrogen and oxygen atoms in total. The fourth-order valence-corrected chi connectivity index (χ4v) is 2.00. The van der Waals surface area contributed by atoms with Crippen LogP contribution >= 0.6 is 23.2 Å². The summed E-state index contributed by atoms with van der Waals surface area (Å²) < 4.78 is 12.9. The number of carbonyl (C=O) groups is 1. The van der Waals surface area contributed by atoms with E-state index in [2.05, 4.69) is 0 Å². The van der Waals surface area contributed by atoms with Crippen molar-refractivity contribution in [2.45, 2.75) is 18.6 Å². The monoisotopic (exact) mass is 282 g/mol. The maximum absolute atomic E-state index is 12.9. The Kier molecular flexibility index (Phi) is 4.70. The quantitative estimate of drug-likeness (QED) is 0.789. The smallest absolute Gasteiger partial charge is 0.306 e. The molecule has 0 spiro atoms. The highest BCUT2D eigenvalue weighted by atomic mass is 35.5. The van der Waals surface area contributed by atoms with Crippen LogP contribution in [-0.4, -0.2) is 27.4 Å². The van der Waals surface area contributed by atoms with Gasteiger partial charge in [-0.1, -0.05) is 23.2 Å². The molecule has 2 unspecified atom stereocenters. The molecule has 0 aliphatic rings. The second-order valence-corrected chi connectivity index (χ2v) is 4.21. The van der Waals surface area contributed by atoms with E-state index < -0.39 is 30.4 Å². The summed E-state index contributed by atoms with van der Waals surface area (Å²) in [6.45, 7) is 0. The van der Waals surface area contributed by atoms with Crippen LogP contribution in [0, 0.1) is 5.82 Å². The lowest BCUT2D eigenvalue weighted by Gasteiger charge is -2.19. The first-order valence-corrected chi connectivity index (χ1v) is 5.31. The van der Waals surface area contributed by atoms with Gasteiger partial charge < -0.3 is 15.3 Å². The van der Waals surface area contributed by atoms with E-state index >= 15 is 0 Å². The number of benzene rings is 1. The van der Waals surface area contributed by atoms with Crippen molar-refractivity contribution in [2.24, 2.45) is 0 Å². The zero-order valence-corrected chi connectivity index (χ0v) is 9.91. The average Bonchev–Trinajstić information content (AvgIpc) is 2.14. The second-order valence-electron chi connectivity index (χ2n) is 3.39. The SMILES string of the molecule is O=C(O)CC(O)C(O)c1c(Cl)cc(F)cc1Cl. The number of aliphatic hydroxyl groups excluding tert-OH is 2. The zero-order valence-electron chi connectivity index (χ0n) is 8.40. The molecule has 1 aromatic rings. The third-order valence-electron chi connectivity index (χ3n) is 2.09. The van der Waals surface area contributed by atoms with Crippen molar-refractivity contribution in [3.63, 3.8) is 0 Å². The lowest BCUT2D eigenvalue weighted by molar-refractivity contribution is -0.141. The highest BCUT2D eigenvalue weighted by Crippen LogP contribution is 2.33. The van der Waals surface area contributed by atoms with E-state index in [1.807, 2.05) is 0 Å². The van der Waals surface area contributed by atoms with Gasteiger partial charge in [0.15, 0.2) is 0 Å². The van der Waals surface area contributed by atoms with E-state index in [9.17, 15) is 19.4 Å². The predicted molar refractivity (Wildman–Crippen MR) is 59.6 cm³/mol. The van der Waals surface area contributed by atoms with E-state index in [1.165, 1.54) is 0 Å². The Morgan fingerprint density at radius 1 is 1.29 bits per heavy atom. The summed E-state index contributed by atoms with van der Waals surface area (Å²) in [5.74, 6) is -1.98. The Morgan fingerprint density at radius 3 is 2.18 bits per heavy atom. The molecule has 0 aliphatic heterocycles. The van der Waals surface area contributed by atoms with Gasteiger partial charge in [-0.3, -0.25) is 4.79 Å². The minimum Gasteiger partial charge on any atom is -0.481 e. The van der Waals surface area contributed by atoms with Crippen LogP contribution in [0.2, 0.25) is 10.0 Å². The van der Waals surface area contributed by atoms with E-state index in [4.69, 9.17) is 28.3 Å². The van der Waals surface area contributed by atoms with Crippen molar-refractivity contribution < 1.29 is 24.5 Å². The molecule has 0 saturated heterocycles. The van der Waals surface area contributed by atoms with E-state index in [0.717, 1.165) is 12.1 Å². The number of carboxylic acid groups (broad SMARTS) is 1.